The molecule has 4 rings (SSSR count). The highest BCUT2D eigenvalue weighted by Crippen LogP contribution is 2.34. The van der Waals surface area contributed by atoms with Crippen molar-refractivity contribution in [3.8, 4) is 17.3 Å². The van der Waals surface area contributed by atoms with Crippen molar-refractivity contribution in [2.75, 3.05) is 18.4 Å². The number of carbonyl (C=O) groups excluding carboxylic acids is 1. The van der Waals surface area contributed by atoms with E-state index >= 15 is 0 Å². The summed E-state index contributed by atoms with van der Waals surface area (Å²) < 4.78 is 0. The average Bonchev–Trinajstić information content (AvgIpc) is 3.34. The molecule has 0 aromatic carbocycles. The third-order valence-electron chi connectivity index (χ3n) is 4.65. The van der Waals surface area contributed by atoms with E-state index in [-0.39, 0.29) is 18.4 Å². The molecule has 8 heteroatoms. The van der Waals surface area contributed by atoms with Gasteiger partial charge in [-0.05, 0) is 18.9 Å². The van der Waals surface area contributed by atoms with Gasteiger partial charge in [0.15, 0.2) is 0 Å². The maximum absolute atomic E-state index is 12.1. The number of aromatic amines is 1. The van der Waals surface area contributed by atoms with Crippen molar-refractivity contribution in [2.45, 2.75) is 25.3 Å². The molecule has 1 aliphatic rings. The first kappa shape index (κ1) is 16.5. The zero-order valence-electron chi connectivity index (χ0n) is 14.1. The average molecular weight is 366 g/mol. The van der Waals surface area contributed by atoms with Gasteiger partial charge in [0.2, 0.25) is 5.91 Å². The van der Waals surface area contributed by atoms with E-state index in [1.54, 1.807) is 16.2 Å². The fourth-order valence-electron chi connectivity index (χ4n) is 3.41. The van der Waals surface area contributed by atoms with Gasteiger partial charge in [-0.15, -0.1) is 11.3 Å². The monoisotopic (exact) mass is 366 g/mol. The van der Waals surface area contributed by atoms with Crippen LogP contribution in [0, 0.1) is 11.3 Å². The number of H-pyrrole nitrogens is 1. The van der Waals surface area contributed by atoms with E-state index in [9.17, 15) is 4.79 Å². The largest absolute Gasteiger partial charge is 0.379 e. The molecule has 3 aromatic heterocycles. The van der Waals surface area contributed by atoms with E-state index in [2.05, 4.69) is 20.3 Å². The Morgan fingerprint density at radius 2 is 2.42 bits per heavy atom. The van der Waals surface area contributed by atoms with Gasteiger partial charge in [-0.3, -0.25) is 4.79 Å². The van der Waals surface area contributed by atoms with Gasteiger partial charge >= 0.3 is 0 Å². The van der Waals surface area contributed by atoms with E-state index < -0.39 is 0 Å². The summed E-state index contributed by atoms with van der Waals surface area (Å²) in [5, 5.41) is 15.4. The van der Waals surface area contributed by atoms with Crippen molar-refractivity contribution < 1.29 is 4.79 Å². The molecule has 0 radical (unpaired) electrons. The quantitative estimate of drug-likeness (QED) is 0.740. The van der Waals surface area contributed by atoms with E-state index in [1.807, 2.05) is 35.4 Å². The second-order valence-electron chi connectivity index (χ2n) is 6.32. The van der Waals surface area contributed by atoms with E-state index in [0.29, 0.717) is 13.1 Å². The topological polar surface area (TPSA) is 97.7 Å². The van der Waals surface area contributed by atoms with Crippen molar-refractivity contribution in [2.24, 2.45) is 0 Å². The summed E-state index contributed by atoms with van der Waals surface area (Å²) >= 11 is 1.55. The number of aromatic nitrogens is 3. The molecule has 7 nitrogen and oxygen atoms in total. The third kappa shape index (κ3) is 3.13. The van der Waals surface area contributed by atoms with Crippen LogP contribution in [0.5, 0.6) is 0 Å². The van der Waals surface area contributed by atoms with Crippen molar-refractivity contribution >= 4 is 34.0 Å². The van der Waals surface area contributed by atoms with Crippen molar-refractivity contribution in [3.05, 3.63) is 29.4 Å². The van der Waals surface area contributed by atoms with Crippen molar-refractivity contribution in [1.29, 1.82) is 5.26 Å². The van der Waals surface area contributed by atoms with Crippen molar-refractivity contribution in [3.63, 3.8) is 0 Å². The molecule has 1 unspecified atom stereocenters. The summed E-state index contributed by atoms with van der Waals surface area (Å²) in [5.74, 6) is -0.0970. The minimum absolute atomic E-state index is 0.0614. The minimum Gasteiger partial charge on any atom is -0.379 e. The van der Waals surface area contributed by atoms with E-state index in [0.717, 1.165) is 40.8 Å². The molecular formula is C18H18N6OS. The maximum atomic E-state index is 12.1. The zero-order valence-corrected chi connectivity index (χ0v) is 14.9. The van der Waals surface area contributed by atoms with E-state index in [4.69, 9.17) is 5.26 Å². The van der Waals surface area contributed by atoms with Gasteiger partial charge in [0, 0.05) is 47.9 Å². The molecule has 0 spiro atoms. The lowest BCUT2D eigenvalue weighted by Gasteiger charge is -2.33. The summed E-state index contributed by atoms with van der Waals surface area (Å²) in [7, 11) is 0. The van der Waals surface area contributed by atoms with Crippen LogP contribution in [-0.2, 0) is 4.79 Å². The Morgan fingerprint density at radius 3 is 3.23 bits per heavy atom. The summed E-state index contributed by atoms with van der Waals surface area (Å²) in [6.45, 7) is 1.32. The number of pyridine rings is 1. The van der Waals surface area contributed by atoms with Crippen LogP contribution in [0.25, 0.3) is 22.3 Å². The van der Waals surface area contributed by atoms with Crippen molar-refractivity contribution in [1.82, 2.24) is 19.9 Å². The smallest absolute Gasteiger partial charge is 0.236 e. The first-order valence-electron chi connectivity index (χ1n) is 8.52. The lowest BCUT2D eigenvalue weighted by atomic mass is 10.0. The molecular weight excluding hydrogens is 348 g/mol. The molecule has 2 N–H and O–H groups in total. The lowest BCUT2D eigenvalue weighted by molar-refractivity contribution is -0.131. The molecule has 4 heterocycles. The second-order valence-corrected chi connectivity index (χ2v) is 7.04. The number of nitrogens with zero attached hydrogens (tertiary/aromatic N) is 4. The molecule has 0 saturated carbocycles. The van der Waals surface area contributed by atoms with Crippen LogP contribution in [-0.4, -0.2) is 44.9 Å². The number of fused-ring (bicyclic) bond motifs is 1. The fourth-order valence-corrected chi connectivity index (χ4v) is 3.96. The predicted molar refractivity (Wildman–Crippen MR) is 101 cm³/mol. The first-order valence-corrected chi connectivity index (χ1v) is 9.46. The SMILES string of the molecule is N#CCC(=O)N1CCCC(Nc2c(-c3cscn3)cnc3[nH]ccc23)C1. The van der Waals surface area contributed by atoms with Gasteiger partial charge in [-0.1, -0.05) is 0 Å². The number of anilines is 1. The summed E-state index contributed by atoms with van der Waals surface area (Å²) in [4.78, 5) is 25.9. The zero-order chi connectivity index (χ0) is 17.9. The van der Waals surface area contributed by atoms with Gasteiger partial charge in [-0.25, -0.2) is 9.97 Å². The summed E-state index contributed by atoms with van der Waals surface area (Å²) in [6.07, 6.45) is 5.53. The summed E-state index contributed by atoms with van der Waals surface area (Å²) in [5.41, 5.74) is 5.46. The third-order valence-corrected chi connectivity index (χ3v) is 5.23. The number of nitrogens with one attached hydrogen (secondary N) is 2. The highest BCUT2D eigenvalue weighted by Gasteiger charge is 2.25. The number of thiazole rings is 1. The number of hydrogen-bond donors (Lipinski definition) is 2. The number of rotatable bonds is 4. The van der Waals surface area contributed by atoms with Crippen LogP contribution in [0.3, 0.4) is 0 Å². The fraction of sp³-hybridized carbons (Fsp3) is 0.333. The van der Waals surface area contributed by atoms with Crippen LogP contribution >= 0.6 is 11.3 Å². The normalized spacial score (nSPS) is 17.2. The number of likely N-dealkylation sites (tertiary alicyclic amines) is 1. The lowest BCUT2D eigenvalue weighted by Crippen LogP contribution is -2.45. The van der Waals surface area contributed by atoms with Gasteiger partial charge in [0.1, 0.15) is 12.1 Å². The maximum Gasteiger partial charge on any atom is 0.236 e. The number of carbonyl (C=O) groups is 1. The van der Waals surface area contributed by atoms with Crippen LogP contribution in [0.1, 0.15) is 19.3 Å². The van der Waals surface area contributed by atoms with Crippen LogP contribution < -0.4 is 5.32 Å². The summed E-state index contributed by atoms with van der Waals surface area (Å²) in [6, 6.07) is 4.08. The Labute approximate surface area is 154 Å². The predicted octanol–water partition coefficient (Wildman–Crippen LogP) is 3.00. The molecule has 0 aliphatic carbocycles. The van der Waals surface area contributed by atoms with Gasteiger partial charge in [0.05, 0.1) is 23.0 Å². The molecule has 26 heavy (non-hydrogen) atoms. The highest BCUT2D eigenvalue weighted by atomic mass is 32.1. The number of piperidine rings is 1. The van der Waals surface area contributed by atoms with Crippen LogP contribution in [0.15, 0.2) is 29.4 Å². The molecule has 1 saturated heterocycles. The van der Waals surface area contributed by atoms with Crippen LogP contribution in [0.4, 0.5) is 5.69 Å². The molecule has 1 amide bonds. The Kier molecular flexibility index (Phi) is 4.54. The molecule has 1 aliphatic heterocycles. The van der Waals surface area contributed by atoms with Gasteiger partial charge in [-0.2, -0.15) is 5.26 Å². The first-order chi connectivity index (χ1) is 12.8. The Bertz CT molecular complexity index is 958. The van der Waals surface area contributed by atoms with Crippen LogP contribution in [0.2, 0.25) is 0 Å². The molecule has 0 bridgehead atoms. The molecule has 1 atom stereocenters. The number of amides is 1. The molecule has 3 aromatic rings. The molecule has 1 fully saturated rings. The minimum atomic E-state index is -0.0970. The van der Waals surface area contributed by atoms with Gasteiger partial charge < -0.3 is 15.2 Å². The number of nitriles is 1. The highest BCUT2D eigenvalue weighted by molar-refractivity contribution is 7.07. The Balaban J connectivity index is 1.64. The number of hydrogen-bond acceptors (Lipinski definition) is 6. The Morgan fingerprint density at radius 1 is 1.50 bits per heavy atom. The van der Waals surface area contributed by atoms with E-state index in [1.165, 1.54) is 0 Å². The molecule has 132 valence electrons. The Hall–Kier alpha value is -2.92. The standard InChI is InChI=1S/C18H18N6OS/c19-5-3-16(25)24-7-1-2-12(9-24)23-17-13-4-6-20-18(13)21-8-14(17)15-10-26-11-22-15/h4,6,8,10-12H,1-3,7,9H2,(H2,20,21,23). The van der Waals surface area contributed by atoms with Gasteiger partial charge in [0.25, 0.3) is 0 Å². The second kappa shape index (κ2) is 7.14.